The highest BCUT2D eigenvalue weighted by Crippen LogP contribution is 2.21. The van der Waals surface area contributed by atoms with Gasteiger partial charge in [-0.05, 0) is 30.5 Å². The van der Waals surface area contributed by atoms with Crippen LogP contribution in [-0.2, 0) is 4.79 Å². The minimum Gasteiger partial charge on any atom is -0.356 e. The van der Waals surface area contributed by atoms with E-state index in [1.54, 1.807) is 18.6 Å². The predicted molar refractivity (Wildman–Crippen MR) is 79.9 cm³/mol. The Morgan fingerprint density at radius 1 is 1.36 bits per heavy atom. The van der Waals surface area contributed by atoms with Crippen LogP contribution in [-0.4, -0.2) is 40.1 Å². The van der Waals surface area contributed by atoms with Gasteiger partial charge < -0.3 is 10.6 Å². The van der Waals surface area contributed by atoms with Gasteiger partial charge in [-0.3, -0.25) is 19.7 Å². The van der Waals surface area contributed by atoms with E-state index in [1.165, 1.54) is 0 Å². The quantitative estimate of drug-likeness (QED) is 0.774. The van der Waals surface area contributed by atoms with Gasteiger partial charge in [0.25, 0.3) is 5.91 Å². The minimum atomic E-state index is -0.261. The van der Waals surface area contributed by atoms with E-state index in [-0.39, 0.29) is 17.7 Å². The number of rotatable bonds is 4. The highest BCUT2D eigenvalue weighted by atomic mass is 16.2. The van der Waals surface area contributed by atoms with Gasteiger partial charge in [0.15, 0.2) is 0 Å². The van der Waals surface area contributed by atoms with Gasteiger partial charge in [0.05, 0.1) is 12.1 Å². The summed E-state index contributed by atoms with van der Waals surface area (Å²) in [5.41, 5.74) is 1.97. The molecule has 0 radical (unpaired) electrons. The summed E-state index contributed by atoms with van der Waals surface area (Å²) < 4.78 is 0. The number of hydrogen-bond donors (Lipinski definition) is 3. The van der Waals surface area contributed by atoms with Gasteiger partial charge in [0.2, 0.25) is 5.91 Å². The van der Waals surface area contributed by atoms with Crippen LogP contribution in [0.25, 0.3) is 11.1 Å². The Balaban J connectivity index is 1.68. The van der Waals surface area contributed by atoms with Gasteiger partial charge in [-0.1, -0.05) is 0 Å². The molecule has 1 saturated heterocycles. The first-order chi connectivity index (χ1) is 10.8. The number of carbonyl (C=O) groups is 2. The first-order valence-corrected chi connectivity index (χ1v) is 7.25. The lowest BCUT2D eigenvalue weighted by Crippen LogP contribution is -2.42. The second kappa shape index (κ2) is 6.38. The smallest absolute Gasteiger partial charge is 0.269 e. The highest BCUT2D eigenvalue weighted by molar-refractivity contribution is 5.99. The lowest BCUT2D eigenvalue weighted by Gasteiger charge is -2.21. The molecule has 1 fully saturated rings. The van der Waals surface area contributed by atoms with Crippen LogP contribution in [0, 0.1) is 5.92 Å². The van der Waals surface area contributed by atoms with E-state index < -0.39 is 0 Å². The Morgan fingerprint density at radius 3 is 2.95 bits per heavy atom. The molecule has 114 valence electrons. The predicted octanol–water partition coefficient (Wildman–Crippen LogP) is 0.728. The fourth-order valence-corrected chi connectivity index (χ4v) is 2.54. The molecule has 0 spiro atoms. The molecule has 0 bridgehead atoms. The average Bonchev–Trinajstić information content (AvgIpc) is 3.04. The summed E-state index contributed by atoms with van der Waals surface area (Å²) in [5.74, 6) is -0.418. The molecule has 3 N–H and O–H groups in total. The summed E-state index contributed by atoms with van der Waals surface area (Å²) in [6, 6.07) is 3.63. The molecular formula is C15H17N5O2. The molecule has 2 aromatic rings. The molecule has 3 rings (SSSR count). The first kappa shape index (κ1) is 14.2. The summed E-state index contributed by atoms with van der Waals surface area (Å²) >= 11 is 0. The average molecular weight is 299 g/mol. The molecule has 7 heteroatoms. The summed E-state index contributed by atoms with van der Waals surface area (Å²) in [6.45, 7) is 1.05. The zero-order valence-corrected chi connectivity index (χ0v) is 12.0. The maximum atomic E-state index is 12.3. The number of nitrogens with one attached hydrogen (secondary N) is 3. The molecular weight excluding hydrogens is 282 g/mol. The number of hydrogen-bond acceptors (Lipinski definition) is 4. The van der Waals surface area contributed by atoms with Crippen LogP contribution in [0.3, 0.4) is 0 Å². The Hall–Kier alpha value is -2.70. The first-order valence-electron chi connectivity index (χ1n) is 7.25. The van der Waals surface area contributed by atoms with E-state index in [0.29, 0.717) is 17.8 Å². The zero-order valence-electron chi connectivity index (χ0n) is 12.0. The molecule has 7 nitrogen and oxygen atoms in total. The molecule has 1 aliphatic rings. The van der Waals surface area contributed by atoms with Crippen LogP contribution in [0.4, 0.5) is 0 Å². The minimum absolute atomic E-state index is 0.00511. The number of piperidine rings is 1. The maximum Gasteiger partial charge on any atom is 0.269 e. The van der Waals surface area contributed by atoms with Crippen molar-refractivity contribution in [1.29, 1.82) is 0 Å². The SMILES string of the molecule is O=C(NCC1CCCNC1=O)c1[nH]ncc1-c1ccncc1. The third-order valence-electron chi connectivity index (χ3n) is 3.77. The second-order valence-corrected chi connectivity index (χ2v) is 5.23. The van der Waals surface area contributed by atoms with Crippen LogP contribution in [0.5, 0.6) is 0 Å². The van der Waals surface area contributed by atoms with Gasteiger partial charge in [-0.2, -0.15) is 5.10 Å². The lowest BCUT2D eigenvalue weighted by molar-refractivity contribution is -0.126. The van der Waals surface area contributed by atoms with Gasteiger partial charge >= 0.3 is 0 Å². The van der Waals surface area contributed by atoms with E-state index >= 15 is 0 Å². The number of carbonyl (C=O) groups excluding carboxylic acids is 2. The molecule has 0 aliphatic carbocycles. The van der Waals surface area contributed by atoms with Gasteiger partial charge in [0.1, 0.15) is 5.69 Å². The number of H-pyrrole nitrogens is 1. The highest BCUT2D eigenvalue weighted by Gasteiger charge is 2.23. The van der Waals surface area contributed by atoms with Crippen molar-refractivity contribution in [2.45, 2.75) is 12.8 Å². The molecule has 0 saturated carbocycles. The van der Waals surface area contributed by atoms with E-state index in [2.05, 4.69) is 25.8 Å². The Kier molecular flexibility index (Phi) is 4.13. The lowest BCUT2D eigenvalue weighted by atomic mass is 9.98. The van der Waals surface area contributed by atoms with Crippen molar-refractivity contribution in [3.63, 3.8) is 0 Å². The fraction of sp³-hybridized carbons (Fsp3) is 0.333. The molecule has 2 amide bonds. The third kappa shape index (κ3) is 2.98. The summed E-state index contributed by atoms with van der Waals surface area (Å²) in [4.78, 5) is 28.0. The number of aromatic amines is 1. The monoisotopic (exact) mass is 299 g/mol. The Bertz CT molecular complexity index is 668. The number of pyridine rings is 1. The Labute approximate surface area is 127 Å². The molecule has 2 aromatic heterocycles. The summed E-state index contributed by atoms with van der Waals surface area (Å²) in [5, 5.41) is 12.3. The molecule has 22 heavy (non-hydrogen) atoms. The maximum absolute atomic E-state index is 12.3. The van der Waals surface area contributed by atoms with Gasteiger partial charge in [-0.15, -0.1) is 0 Å². The van der Waals surface area contributed by atoms with Crippen LogP contribution in [0.15, 0.2) is 30.7 Å². The number of nitrogens with zero attached hydrogens (tertiary/aromatic N) is 2. The van der Waals surface area contributed by atoms with Crippen molar-refractivity contribution in [3.05, 3.63) is 36.4 Å². The van der Waals surface area contributed by atoms with E-state index in [0.717, 1.165) is 24.9 Å². The second-order valence-electron chi connectivity index (χ2n) is 5.23. The van der Waals surface area contributed by atoms with Crippen LogP contribution in [0.1, 0.15) is 23.3 Å². The van der Waals surface area contributed by atoms with Crippen LogP contribution < -0.4 is 10.6 Å². The van der Waals surface area contributed by atoms with Crippen molar-refractivity contribution in [2.75, 3.05) is 13.1 Å². The normalized spacial score (nSPS) is 17.8. The van der Waals surface area contributed by atoms with Crippen molar-refractivity contribution < 1.29 is 9.59 Å². The number of aromatic nitrogens is 3. The van der Waals surface area contributed by atoms with Crippen molar-refractivity contribution in [3.8, 4) is 11.1 Å². The molecule has 0 aromatic carbocycles. The van der Waals surface area contributed by atoms with Crippen molar-refractivity contribution in [2.24, 2.45) is 5.92 Å². The molecule has 1 atom stereocenters. The molecule has 3 heterocycles. The largest absolute Gasteiger partial charge is 0.356 e. The van der Waals surface area contributed by atoms with E-state index in [4.69, 9.17) is 0 Å². The third-order valence-corrected chi connectivity index (χ3v) is 3.77. The van der Waals surface area contributed by atoms with Crippen molar-refractivity contribution >= 4 is 11.8 Å². The molecule has 1 unspecified atom stereocenters. The summed E-state index contributed by atoms with van der Waals surface area (Å²) in [7, 11) is 0. The van der Waals surface area contributed by atoms with Crippen LogP contribution in [0.2, 0.25) is 0 Å². The molecule has 1 aliphatic heterocycles. The van der Waals surface area contributed by atoms with Gasteiger partial charge in [0, 0.05) is 31.0 Å². The van der Waals surface area contributed by atoms with E-state index in [1.807, 2.05) is 12.1 Å². The fourth-order valence-electron chi connectivity index (χ4n) is 2.54. The number of amides is 2. The zero-order chi connectivity index (χ0) is 15.4. The summed E-state index contributed by atoms with van der Waals surface area (Å²) in [6.07, 6.45) is 6.68. The van der Waals surface area contributed by atoms with Gasteiger partial charge in [-0.25, -0.2) is 0 Å². The standard InChI is InChI=1S/C15H17N5O2/c21-14-11(2-1-5-17-14)8-18-15(22)13-12(9-19-20-13)10-3-6-16-7-4-10/h3-4,6-7,9,11H,1-2,5,8H2,(H,17,21)(H,18,22)(H,19,20). The van der Waals surface area contributed by atoms with Crippen molar-refractivity contribution in [1.82, 2.24) is 25.8 Å². The topological polar surface area (TPSA) is 99.8 Å². The Morgan fingerprint density at radius 2 is 2.18 bits per heavy atom. The van der Waals surface area contributed by atoms with E-state index in [9.17, 15) is 9.59 Å². The van der Waals surface area contributed by atoms with Crippen LogP contribution >= 0.6 is 0 Å².